The third kappa shape index (κ3) is 3.50. The topological polar surface area (TPSA) is 68.6 Å². The first kappa shape index (κ1) is 20.6. The van der Waals surface area contributed by atoms with E-state index in [2.05, 4.69) is 4.57 Å². The number of rotatable bonds is 5. The van der Waals surface area contributed by atoms with Crippen molar-refractivity contribution < 1.29 is 22.3 Å². The van der Waals surface area contributed by atoms with Crippen molar-refractivity contribution in [2.45, 2.75) is 36.7 Å². The van der Waals surface area contributed by atoms with Gasteiger partial charge in [0.1, 0.15) is 5.82 Å². The standard InChI is InChI=1S/C22H23FN2O4S/c1-24(30(27,28)17-10-7-15(23)8-11-17)16-9-12-21-19(13-22(26)29-2)18-5-3-4-6-20(18)25(21)14-16/h3-8,10-11,16H,9,12-14H2,1-2H3/t16-/m0/s1. The molecule has 2 aromatic carbocycles. The molecule has 0 fully saturated rings. The average Bonchev–Trinajstić information content (AvgIpc) is 3.06. The van der Waals surface area contributed by atoms with Crippen molar-refractivity contribution in [2.75, 3.05) is 14.2 Å². The summed E-state index contributed by atoms with van der Waals surface area (Å²) in [5.74, 6) is -0.775. The van der Waals surface area contributed by atoms with Crippen LogP contribution < -0.4 is 0 Å². The molecule has 0 unspecified atom stereocenters. The molecule has 2 heterocycles. The van der Waals surface area contributed by atoms with E-state index >= 15 is 0 Å². The van der Waals surface area contributed by atoms with E-state index in [4.69, 9.17) is 4.74 Å². The van der Waals surface area contributed by atoms with Gasteiger partial charge in [0.15, 0.2) is 0 Å². The van der Waals surface area contributed by atoms with Gasteiger partial charge in [0, 0.05) is 36.2 Å². The fraction of sp³-hybridized carbons (Fsp3) is 0.318. The number of nitrogens with zero attached hydrogens (tertiary/aromatic N) is 2. The van der Waals surface area contributed by atoms with Crippen molar-refractivity contribution in [2.24, 2.45) is 0 Å². The molecular weight excluding hydrogens is 407 g/mol. The van der Waals surface area contributed by atoms with Crippen LogP contribution in [0.15, 0.2) is 53.4 Å². The summed E-state index contributed by atoms with van der Waals surface area (Å²) in [5.41, 5.74) is 2.97. The molecule has 1 atom stereocenters. The molecule has 1 aliphatic rings. The Kier molecular flexibility index (Phi) is 5.38. The second-order valence-corrected chi connectivity index (χ2v) is 9.47. The number of para-hydroxylation sites is 1. The fourth-order valence-corrected chi connectivity index (χ4v) is 5.58. The van der Waals surface area contributed by atoms with Gasteiger partial charge in [0.05, 0.1) is 18.4 Å². The van der Waals surface area contributed by atoms with Crippen molar-refractivity contribution >= 4 is 26.9 Å². The molecule has 30 heavy (non-hydrogen) atoms. The molecule has 1 aromatic heterocycles. The first-order chi connectivity index (χ1) is 14.3. The zero-order valence-electron chi connectivity index (χ0n) is 16.8. The van der Waals surface area contributed by atoms with E-state index in [1.54, 1.807) is 7.05 Å². The van der Waals surface area contributed by atoms with Gasteiger partial charge in [-0.1, -0.05) is 18.2 Å². The molecule has 0 radical (unpaired) electrons. The number of likely N-dealkylation sites (N-methyl/N-ethyl adjacent to an activating group) is 1. The molecule has 0 spiro atoms. The number of methoxy groups -OCH3 is 1. The summed E-state index contributed by atoms with van der Waals surface area (Å²) >= 11 is 0. The molecule has 0 bridgehead atoms. The molecule has 0 saturated heterocycles. The van der Waals surface area contributed by atoms with Gasteiger partial charge in [-0.25, -0.2) is 12.8 Å². The lowest BCUT2D eigenvalue weighted by atomic mass is 10.0. The van der Waals surface area contributed by atoms with Gasteiger partial charge in [-0.3, -0.25) is 4.79 Å². The number of sulfonamides is 1. The molecule has 3 aromatic rings. The molecule has 4 rings (SSSR count). The predicted molar refractivity (Wildman–Crippen MR) is 111 cm³/mol. The second-order valence-electron chi connectivity index (χ2n) is 7.47. The summed E-state index contributed by atoms with van der Waals surface area (Å²) in [6, 6.07) is 12.4. The molecule has 0 aliphatic carbocycles. The number of halogens is 1. The highest BCUT2D eigenvalue weighted by Crippen LogP contribution is 2.33. The predicted octanol–water partition coefficient (Wildman–Crippen LogP) is 3.13. The first-order valence-electron chi connectivity index (χ1n) is 9.72. The van der Waals surface area contributed by atoms with Crippen LogP contribution in [0, 0.1) is 5.82 Å². The number of ether oxygens (including phenoxy) is 1. The molecule has 1 aliphatic heterocycles. The quantitative estimate of drug-likeness (QED) is 0.584. The molecular formula is C22H23FN2O4S. The Morgan fingerprint density at radius 1 is 1.20 bits per heavy atom. The Morgan fingerprint density at radius 2 is 1.90 bits per heavy atom. The number of aromatic nitrogens is 1. The molecule has 0 N–H and O–H groups in total. The van der Waals surface area contributed by atoms with Crippen molar-refractivity contribution in [1.82, 2.24) is 8.87 Å². The Hall–Kier alpha value is -2.71. The van der Waals surface area contributed by atoms with Crippen LogP contribution in [-0.2, 0) is 38.9 Å². The van der Waals surface area contributed by atoms with E-state index in [-0.39, 0.29) is 23.3 Å². The molecule has 158 valence electrons. The number of carbonyl (C=O) groups excluding carboxylic acids is 1. The lowest BCUT2D eigenvalue weighted by molar-refractivity contribution is -0.139. The smallest absolute Gasteiger partial charge is 0.310 e. The maximum atomic E-state index is 13.2. The van der Waals surface area contributed by atoms with E-state index in [0.29, 0.717) is 19.4 Å². The van der Waals surface area contributed by atoms with Gasteiger partial charge in [0.25, 0.3) is 0 Å². The fourth-order valence-electron chi connectivity index (χ4n) is 4.21. The van der Waals surface area contributed by atoms with Crippen molar-refractivity contribution in [3.63, 3.8) is 0 Å². The normalized spacial score (nSPS) is 16.6. The van der Waals surface area contributed by atoms with E-state index in [1.165, 1.54) is 23.5 Å². The summed E-state index contributed by atoms with van der Waals surface area (Å²) in [7, 11) is -0.810. The molecule has 8 heteroatoms. The van der Waals surface area contributed by atoms with Crippen LogP contribution in [0.4, 0.5) is 4.39 Å². The van der Waals surface area contributed by atoms with Crippen LogP contribution in [0.1, 0.15) is 17.7 Å². The van der Waals surface area contributed by atoms with Gasteiger partial charge in [-0.05, 0) is 48.7 Å². The van der Waals surface area contributed by atoms with Gasteiger partial charge in [0.2, 0.25) is 10.0 Å². The number of benzene rings is 2. The highest BCUT2D eigenvalue weighted by atomic mass is 32.2. The van der Waals surface area contributed by atoms with Crippen molar-refractivity contribution in [1.29, 1.82) is 0 Å². The van der Waals surface area contributed by atoms with Crippen molar-refractivity contribution in [3.8, 4) is 0 Å². The maximum Gasteiger partial charge on any atom is 0.310 e. The number of hydrogen-bond donors (Lipinski definition) is 0. The highest BCUT2D eigenvalue weighted by Gasteiger charge is 2.33. The van der Waals surface area contributed by atoms with E-state index in [9.17, 15) is 17.6 Å². The first-order valence-corrected chi connectivity index (χ1v) is 11.2. The zero-order chi connectivity index (χ0) is 21.5. The van der Waals surface area contributed by atoms with E-state index in [0.717, 1.165) is 34.3 Å². The van der Waals surface area contributed by atoms with Crippen LogP contribution in [0.5, 0.6) is 0 Å². The lowest BCUT2D eigenvalue weighted by Crippen LogP contribution is -2.42. The molecule has 0 saturated carbocycles. The van der Waals surface area contributed by atoms with Crippen LogP contribution in [0.2, 0.25) is 0 Å². The molecule has 0 amide bonds. The zero-order valence-corrected chi connectivity index (χ0v) is 17.7. The number of carbonyl (C=O) groups is 1. The summed E-state index contributed by atoms with van der Waals surface area (Å²) < 4.78 is 47.6. The largest absolute Gasteiger partial charge is 0.469 e. The minimum absolute atomic E-state index is 0.0703. The second kappa shape index (κ2) is 7.85. The van der Waals surface area contributed by atoms with Crippen LogP contribution in [0.25, 0.3) is 10.9 Å². The monoisotopic (exact) mass is 430 g/mol. The van der Waals surface area contributed by atoms with Crippen LogP contribution in [-0.4, -0.2) is 43.5 Å². The summed E-state index contributed by atoms with van der Waals surface area (Å²) in [6.07, 6.45) is 1.46. The SMILES string of the molecule is COC(=O)Cc1c2n(c3ccccc13)C[C@@H](N(C)S(=O)(=O)c1ccc(F)cc1)CC2. The van der Waals surface area contributed by atoms with Crippen LogP contribution >= 0.6 is 0 Å². The summed E-state index contributed by atoms with van der Waals surface area (Å²) in [6.45, 7) is 0.480. The van der Waals surface area contributed by atoms with Gasteiger partial charge >= 0.3 is 5.97 Å². The highest BCUT2D eigenvalue weighted by molar-refractivity contribution is 7.89. The minimum atomic E-state index is -3.75. The Bertz CT molecular complexity index is 1200. The Morgan fingerprint density at radius 3 is 2.60 bits per heavy atom. The summed E-state index contributed by atoms with van der Waals surface area (Å²) in [4.78, 5) is 12.0. The van der Waals surface area contributed by atoms with E-state index < -0.39 is 15.8 Å². The number of fused-ring (bicyclic) bond motifs is 3. The maximum absolute atomic E-state index is 13.2. The average molecular weight is 431 g/mol. The van der Waals surface area contributed by atoms with Gasteiger partial charge < -0.3 is 9.30 Å². The van der Waals surface area contributed by atoms with Crippen molar-refractivity contribution in [3.05, 3.63) is 65.6 Å². The number of hydrogen-bond acceptors (Lipinski definition) is 4. The lowest BCUT2D eigenvalue weighted by Gasteiger charge is -2.32. The number of esters is 1. The van der Waals surface area contributed by atoms with Gasteiger partial charge in [-0.15, -0.1) is 0 Å². The molecule has 6 nitrogen and oxygen atoms in total. The minimum Gasteiger partial charge on any atom is -0.469 e. The third-order valence-electron chi connectivity index (χ3n) is 5.86. The van der Waals surface area contributed by atoms with Gasteiger partial charge in [-0.2, -0.15) is 4.31 Å². The Labute approximate surface area is 174 Å². The summed E-state index contributed by atoms with van der Waals surface area (Å²) in [5, 5.41) is 0.989. The Balaban J connectivity index is 1.69. The van der Waals surface area contributed by atoms with E-state index in [1.807, 2.05) is 24.3 Å². The van der Waals surface area contributed by atoms with Crippen LogP contribution in [0.3, 0.4) is 0 Å². The third-order valence-corrected chi connectivity index (χ3v) is 7.78.